The number of nitrogens with two attached hydrogens (primary N) is 1. The normalized spacial score (nSPS) is 28.3. The van der Waals surface area contributed by atoms with E-state index in [1.807, 2.05) is 0 Å². The van der Waals surface area contributed by atoms with E-state index in [4.69, 9.17) is 5.73 Å². The largest absolute Gasteiger partial charge is 0.328 e. The van der Waals surface area contributed by atoms with Crippen LogP contribution in [-0.4, -0.2) is 30.1 Å². The van der Waals surface area contributed by atoms with Crippen LogP contribution in [-0.2, 0) is 0 Å². The molecule has 2 nitrogen and oxygen atoms in total. The second-order valence-electron chi connectivity index (χ2n) is 4.60. The van der Waals surface area contributed by atoms with Gasteiger partial charge in [-0.2, -0.15) is 0 Å². The van der Waals surface area contributed by atoms with Crippen LogP contribution >= 0.6 is 0 Å². The minimum absolute atomic E-state index is 0.483. The Kier molecular flexibility index (Phi) is 5.49. The lowest BCUT2D eigenvalue weighted by molar-refractivity contribution is 0.150. The molecule has 0 unspecified atom stereocenters. The Hall–Kier alpha value is -0.0800. The van der Waals surface area contributed by atoms with Gasteiger partial charge in [0.05, 0.1) is 0 Å². The maximum absolute atomic E-state index is 5.93. The summed E-state index contributed by atoms with van der Waals surface area (Å²) in [5, 5.41) is 0. The minimum Gasteiger partial charge on any atom is -0.328 e. The van der Waals surface area contributed by atoms with Gasteiger partial charge in [0.15, 0.2) is 0 Å². The van der Waals surface area contributed by atoms with Crippen LogP contribution in [0.4, 0.5) is 0 Å². The van der Waals surface area contributed by atoms with Crippen LogP contribution in [0.3, 0.4) is 0 Å². The van der Waals surface area contributed by atoms with Crippen molar-refractivity contribution in [3.8, 4) is 0 Å². The van der Waals surface area contributed by atoms with Gasteiger partial charge < -0.3 is 10.6 Å². The fourth-order valence-electron chi connectivity index (χ4n) is 2.52. The number of rotatable bonds is 5. The van der Waals surface area contributed by atoms with Gasteiger partial charge in [-0.3, -0.25) is 0 Å². The highest BCUT2D eigenvalue weighted by Crippen LogP contribution is 2.22. The Morgan fingerprint density at radius 1 is 1.00 bits per heavy atom. The Labute approximate surface area is 88.8 Å². The van der Waals surface area contributed by atoms with E-state index in [9.17, 15) is 0 Å². The number of nitrogens with zero attached hydrogens (tertiary/aromatic N) is 1. The van der Waals surface area contributed by atoms with Crippen molar-refractivity contribution in [2.45, 2.75) is 64.5 Å². The van der Waals surface area contributed by atoms with E-state index in [2.05, 4.69) is 18.7 Å². The van der Waals surface area contributed by atoms with Crippen molar-refractivity contribution in [3.63, 3.8) is 0 Å². The molecule has 2 N–H and O–H groups in total. The zero-order chi connectivity index (χ0) is 10.4. The van der Waals surface area contributed by atoms with Gasteiger partial charge in [0.25, 0.3) is 0 Å². The third-order valence-electron chi connectivity index (χ3n) is 3.28. The van der Waals surface area contributed by atoms with Crippen LogP contribution < -0.4 is 5.73 Å². The molecule has 1 fully saturated rings. The summed E-state index contributed by atoms with van der Waals surface area (Å²) < 4.78 is 0. The summed E-state index contributed by atoms with van der Waals surface area (Å²) in [7, 11) is 0. The molecule has 0 aromatic rings. The molecule has 1 rings (SSSR count). The molecule has 0 aromatic carbocycles. The highest BCUT2D eigenvalue weighted by Gasteiger charge is 2.22. The van der Waals surface area contributed by atoms with E-state index in [1.165, 1.54) is 51.6 Å². The van der Waals surface area contributed by atoms with Crippen LogP contribution in [0.5, 0.6) is 0 Å². The van der Waals surface area contributed by atoms with E-state index in [1.54, 1.807) is 0 Å². The first-order valence-corrected chi connectivity index (χ1v) is 6.27. The quantitative estimate of drug-likeness (QED) is 0.735. The Bertz CT molecular complexity index is 133. The predicted octanol–water partition coefficient (Wildman–Crippen LogP) is 2.38. The lowest BCUT2D eigenvalue weighted by Gasteiger charge is -2.35. The second kappa shape index (κ2) is 6.41. The van der Waals surface area contributed by atoms with Crippen molar-refractivity contribution in [1.29, 1.82) is 0 Å². The molecule has 0 amide bonds. The highest BCUT2D eigenvalue weighted by atomic mass is 15.1. The average Bonchev–Trinajstić information content (AvgIpc) is 2.19. The van der Waals surface area contributed by atoms with E-state index < -0.39 is 0 Å². The standard InChI is InChI=1S/C12H26N2/c1-3-9-14(10-4-2)12-7-5-11(13)6-8-12/h11-12H,3-10,13H2,1-2H3. The molecule has 1 aliphatic rings. The molecule has 0 radical (unpaired) electrons. The fourth-order valence-corrected chi connectivity index (χ4v) is 2.52. The summed E-state index contributed by atoms with van der Waals surface area (Å²) in [5.41, 5.74) is 5.93. The molecule has 0 spiro atoms. The molecular weight excluding hydrogens is 172 g/mol. The van der Waals surface area contributed by atoms with Crippen LogP contribution in [0, 0.1) is 0 Å². The first-order chi connectivity index (χ1) is 6.77. The van der Waals surface area contributed by atoms with Gasteiger partial charge >= 0.3 is 0 Å². The zero-order valence-corrected chi connectivity index (χ0v) is 9.84. The third-order valence-corrected chi connectivity index (χ3v) is 3.28. The molecular formula is C12H26N2. The van der Waals surface area contributed by atoms with Crippen molar-refractivity contribution in [2.24, 2.45) is 5.73 Å². The van der Waals surface area contributed by atoms with Gasteiger partial charge in [-0.1, -0.05) is 13.8 Å². The number of hydrogen-bond acceptors (Lipinski definition) is 2. The summed E-state index contributed by atoms with van der Waals surface area (Å²) in [4.78, 5) is 2.67. The Morgan fingerprint density at radius 2 is 1.50 bits per heavy atom. The van der Waals surface area contributed by atoms with Gasteiger partial charge in [-0.25, -0.2) is 0 Å². The molecule has 1 saturated carbocycles. The molecule has 14 heavy (non-hydrogen) atoms. The van der Waals surface area contributed by atoms with E-state index in [0.717, 1.165) is 6.04 Å². The van der Waals surface area contributed by atoms with Crippen molar-refractivity contribution >= 4 is 0 Å². The van der Waals surface area contributed by atoms with Gasteiger partial charge in [-0.15, -0.1) is 0 Å². The predicted molar refractivity (Wildman–Crippen MR) is 62.4 cm³/mol. The van der Waals surface area contributed by atoms with Gasteiger partial charge in [0, 0.05) is 12.1 Å². The van der Waals surface area contributed by atoms with Crippen LogP contribution in [0.1, 0.15) is 52.4 Å². The maximum Gasteiger partial charge on any atom is 0.00964 e. The minimum atomic E-state index is 0.483. The van der Waals surface area contributed by atoms with Crippen molar-refractivity contribution in [3.05, 3.63) is 0 Å². The summed E-state index contributed by atoms with van der Waals surface area (Å²) in [5.74, 6) is 0. The first-order valence-electron chi connectivity index (χ1n) is 6.27. The molecule has 0 aromatic heterocycles. The molecule has 0 atom stereocenters. The molecule has 0 heterocycles. The van der Waals surface area contributed by atoms with Crippen molar-refractivity contribution in [1.82, 2.24) is 4.90 Å². The van der Waals surface area contributed by atoms with Gasteiger partial charge in [0.2, 0.25) is 0 Å². The molecule has 0 bridgehead atoms. The van der Waals surface area contributed by atoms with Crippen LogP contribution in [0.25, 0.3) is 0 Å². The molecule has 0 saturated heterocycles. The lowest BCUT2D eigenvalue weighted by Crippen LogP contribution is -2.41. The smallest absolute Gasteiger partial charge is 0.00964 e. The monoisotopic (exact) mass is 198 g/mol. The Balaban J connectivity index is 2.34. The number of hydrogen-bond donors (Lipinski definition) is 1. The first kappa shape index (κ1) is 12.0. The molecule has 0 aliphatic heterocycles. The molecule has 1 aliphatic carbocycles. The lowest BCUT2D eigenvalue weighted by atomic mass is 9.90. The van der Waals surface area contributed by atoms with Gasteiger partial charge in [-0.05, 0) is 51.6 Å². The summed E-state index contributed by atoms with van der Waals surface area (Å²) in [6.45, 7) is 7.09. The molecule has 84 valence electrons. The topological polar surface area (TPSA) is 29.3 Å². The van der Waals surface area contributed by atoms with Gasteiger partial charge in [0.1, 0.15) is 0 Å². The summed E-state index contributed by atoms with van der Waals surface area (Å²) in [6, 6.07) is 1.31. The summed E-state index contributed by atoms with van der Waals surface area (Å²) in [6.07, 6.45) is 7.66. The zero-order valence-electron chi connectivity index (χ0n) is 9.84. The van der Waals surface area contributed by atoms with Crippen molar-refractivity contribution < 1.29 is 0 Å². The average molecular weight is 198 g/mol. The Morgan fingerprint density at radius 3 is 1.93 bits per heavy atom. The third kappa shape index (κ3) is 3.58. The van der Waals surface area contributed by atoms with E-state index >= 15 is 0 Å². The highest BCUT2D eigenvalue weighted by molar-refractivity contribution is 4.80. The van der Waals surface area contributed by atoms with Crippen molar-refractivity contribution in [2.75, 3.05) is 13.1 Å². The SMILES string of the molecule is CCCN(CCC)C1CCC(N)CC1. The van der Waals surface area contributed by atoms with E-state index in [0.29, 0.717) is 6.04 Å². The fraction of sp³-hybridized carbons (Fsp3) is 1.00. The summed E-state index contributed by atoms with van der Waals surface area (Å²) >= 11 is 0. The van der Waals surface area contributed by atoms with E-state index in [-0.39, 0.29) is 0 Å². The van der Waals surface area contributed by atoms with Crippen LogP contribution in [0.2, 0.25) is 0 Å². The molecule has 2 heteroatoms. The second-order valence-corrected chi connectivity index (χ2v) is 4.60. The van der Waals surface area contributed by atoms with Crippen LogP contribution in [0.15, 0.2) is 0 Å². The maximum atomic E-state index is 5.93.